The zero-order valence-electron chi connectivity index (χ0n) is 9.16. The Balaban J connectivity index is 2.21. The summed E-state index contributed by atoms with van der Waals surface area (Å²) in [5, 5.41) is 15.1. The lowest BCUT2D eigenvalue weighted by molar-refractivity contribution is 0.171. The number of aliphatic hydroxyl groups is 1. The normalized spacial score (nSPS) is 13.4. The van der Waals surface area contributed by atoms with E-state index < -0.39 is 0 Å². The monoisotopic (exact) mass is 291 g/mol. The summed E-state index contributed by atoms with van der Waals surface area (Å²) in [5.74, 6) is 0.632. The molecule has 1 heterocycles. The summed E-state index contributed by atoms with van der Waals surface area (Å²) in [6.07, 6.45) is 0.454. The maximum Gasteiger partial charge on any atom is 0.0712 e. The van der Waals surface area contributed by atoms with Crippen LogP contribution in [0, 0.1) is 5.92 Å². The molecule has 1 atom stereocenters. The van der Waals surface area contributed by atoms with Crippen molar-refractivity contribution < 1.29 is 5.11 Å². The Kier molecular flexibility index (Phi) is 5.82. The molecule has 0 radical (unpaired) electrons. The molecule has 0 bridgehead atoms. The molecule has 0 aliphatic rings. The first-order chi connectivity index (χ1) is 7.08. The van der Waals surface area contributed by atoms with Gasteiger partial charge in [-0.3, -0.25) is 0 Å². The lowest BCUT2D eigenvalue weighted by atomic mass is 10.2. The van der Waals surface area contributed by atoms with Gasteiger partial charge in [0.05, 0.1) is 6.10 Å². The molecule has 4 heteroatoms. The highest BCUT2D eigenvalue weighted by molar-refractivity contribution is 9.10. The molecule has 1 aromatic heterocycles. The van der Waals surface area contributed by atoms with Crippen molar-refractivity contribution in [2.24, 2.45) is 5.92 Å². The Labute approximate surface area is 104 Å². The van der Waals surface area contributed by atoms with Gasteiger partial charge >= 0.3 is 0 Å². The van der Waals surface area contributed by atoms with Crippen LogP contribution in [0.2, 0.25) is 0 Å². The van der Waals surface area contributed by atoms with Crippen LogP contribution in [-0.4, -0.2) is 24.3 Å². The van der Waals surface area contributed by atoms with E-state index in [1.807, 2.05) is 5.38 Å². The highest BCUT2D eigenvalue weighted by atomic mass is 79.9. The second kappa shape index (κ2) is 6.63. The summed E-state index contributed by atoms with van der Waals surface area (Å²) in [7, 11) is 0. The fraction of sp³-hybridized carbons (Fsp3) is 0.636. The summed E-state index contributed by atoms with van der Waals surface area (Å²) >= 11 is 5.09. The number of halogens is 1. The lowest BCUT2D eigenvalue weighted by Crippen LogP contribution is -2.30. The summed E-state index contributed by atoms with van der Waals surface area (Å²) < 4.78 is 1.10. The number of thiophene rings is 1. The summed E-state index contributed by atoms with van der Waals surface area (Å²) in [6.45, 7) is 5.96. The SMILES string of the molecule is CC(C)CNCC(O)Cc1cc(Br)cs1. The Morgan fingerprint density at radius 1 is 1.47 bits per heavy atom. The molecule has 86 valence electrons. The fourth-order valence-electron chi connectivity index (χ4n) is 1.30. The van der Waals surface area contributed by atoms with Crippen LogP contribution in [0.3, 0.4) is 0 Å². The maximum absolute atomic E-state index is 9.75. The third kappa shape index (κ3) is 5.66. The molecular formula is C11H18BrNOS. The first-order valence-corrected chi connectivity index (χ1v) is 6.87. The molecule has 0 saturated heterocycles. The minimum Gasteiger partial charge on any atom is -0.391 e. The second-order valence-electron chi connectivity index (χ2n) is 4.14. The van der Waals surface area contributed by atoms with Gasteiger partial charge in [0.1, 0.15) is 0 Å². The molecule has 1 unspecified atom stereocenters. The fourth-order valence-corrected chi connectivity index (χ4v) is 2.83. The number of hydrogen-bond donors (Lipinski definition) is 2. The van der Waals surface area contributed by atoms with E-state index in [9.17, 15) is 5.11 Å². The third-order valence-corrected chi connectivity index (χ3v) is 3.71. The molecule has 1 aromatic rings. The summed E-state index contributed by atoms with van der Waals surface area (Å²) in [5.41, 5.74) is 0. The van der Waals surface area contributed by atoms with Gasteiger partial charge in [0.2, 0.25) is 0 Å². The van der Waals surface area contributed by atoms with Gasteiger partial charge < -0.3 is 10.4 Å². The molecule has 0 aliphatic carbocycles. The van der Waals surface area contributed by atoms with Crippen molar-refractivity contribution in [2.45, 2.75) is 26.4 Å². The van der Waals surface area contributed by atoms with Gasteiger partial charge in [-0.25, -0.2) is 0 Å². The van der Waals surface area contributed by atoms with Crippen LogP contribution in [0.1, 0.15) is 18.7 Å². The highest BCUT2D eigenvalue weighted by Crippen LogP contribution is 2.20. The quantitative estimate of drug-likeness (QED) is 0.845. The van der Waals surface area contributed by atoms with Gasteiger partial charge in [-0.15, -0.1) is 11.3 Å². The summed E-state index contributed by atoms with van der Waals surface area (Å²) in [4.78, 5) is 1.22. The number of hydrogen-bond acceptors (Lipinski definition) is 3. The van der Waals surface area contributed by atoms with Crippen molar-refractivity contribution in [1.29, 1.82) is 0 Å². The minimum atomic E-state index is -0.283. The largest absolute Gasteiger partial charge is 0.391 e. The van der Waals surface area contributed by atoms with Gasteiger partial charge in [-0.2, -0.15) is 0 Å². The molecule has 1 rings (SSSR count). The van der Waals surface area contributed by atoms with E-state index in [0.717, 1.165) is 17.4 Å². The highest BCUT2D eigenvalue weighted by Gasteiger charge is 2.07. The van der Waals surface area contributed by atoms with Crippen molar-refractivity contribution in [1.82, 2.24) is 5.32 Å². The van der Waals surface area contributed by atoms with Crippen LogP contribution >= 0.6 is 27.3 Å². The van der Waals surface area contributed by atoms with Gasteiger partial charge in [-0.05, 0) is 34.5 Å². The average Bonchev–Trinajstić information content (AvgIpc) is 2.50. The van der Waals surface area contributed by atoms with Crippen LogP contribution in [0.25, 0.3) is 0 Å². The topological polar surface area (TPSA) is 32.3 Å². The van der Waals surface area contributed by atoms with E-state index in [2.05, 4.69) is 41.2 Å². The maximum atomic E-state index is 9.75. The molecule has 2 nitrogen and oxygen atoms in total. The van der Waals surface area contributed by atoms with E-state index in [1.165, 1.54) is 4.88 Å². The van der Waals surface area contributed by atoms with Gasteiger partial charge in [-0.1, -0.05) is 13.8 Å². The predicted octanol–water partition coefficient (Wildman–Crippen LogP) is 2.66. The van der Waals surface area contributed by atoms with E-state index in [1.54, 1.807) is 11.3 Å². The van der Waals surface area contributed by atoms with Crippen molar-refractivity contribution in [3.8, 4) is 0 Å². The van der Waals surface area contributed by atoms with Crippen molar-refractivity contribution >= 4 is 27.3 Å². The predicted molar refractivity (Wildman–Crippen MR) is 69.4 cm³/mol. The zero-order chi connectivity index (χ0) is 11.3. The van der Waals surface area contributed by atoms with Crippen molar-refractivity contribution in [2.75, 3.05) is 13.1 Å². The summed E-state index contributed by atoms with van der Waals surface area (Å²) in [6, 6.07) is 2.07. The molecule has 0 spiro atoms. The number of nitrogens with one attached hydrogen (secondary N) is 1. The molecule has 0 aromatic carbocycles. The molecular weight excluding hydrogens is 274 g/mol. The Morgan fingerprint density at radius 2 is 2.20 bits per heavy atom. The molecule has 2 N–H and O–H groups in total. The molecule has 0 amide bonds. The van der Waals surface area contributed by atoms with Gasteiger partial charge in [0.15, 0.2) is 0 Å². The first-order valence-electron chi connectivity index (χ1n) is 5.19. The third-order valence-electron chi connectivity index (χ3n) is 1.99. The lowest BCUT2D eigenvalue weighted by Gasteiger charge is -2.12. The van der Waals surface area contributed by atoms with Gasteiger partial charge in [0.25, 0.3) is 0 Å². The molecule has 0 aliphatic heterocycles. The standard InChI is InChI=1S/C11H18BrNOS/c1-8(2)5-13-6-10(14)4-11-3-9(12)7-15-11/h3,7-8,10,13-14H,4-6H2,1-2H3. The second-order valence-corrected chi connectivity index (χ2v) is 6.05. The van der Waals surface area contributed by atoms with E-state index in [4.69, 9.17) is 0 Å². The molecule has 15 heavy (non-hydrogen) atoms. The smallest absolute Gasteiger partial charge is 0.0712 e. The Bertz CT molecular complexity index is 288. The molecule has 0 saturated carbocycles. The van der Waals surface area contributed by atoms with Crippen LogP contribution in [-0.2, 0) is 6.42 Å². The van der Waals surface area contributed by atoms with Crippen molar-refractivity contribution in [3.63, 3.8) is 0 Å². The minimum absolute atomic E-state index is 0.283. The Hall–Kier alpha value is 0.1000. The van der Waals surface area contributed by atoms with Crippen LogP contribution in [0.4, 0.5) is 0 Å². The number of aliphatic hydroxyl groups excluding tert-OH is 1. The van der Waals surface area contributed by atoms with Crippen LogP contribution in [0.15, 0.2) is 15.9 Å². The number of rotatable bonds is 6. The van der Waals surface area contributed by atoms with Crippen LogP contribution in [0.5, 0.6) is 0 Å². The average molecular weight is 292 g/mol. The van der Waals surface area contributed by atoms with E-state index in [0.29, 0.717) is 12.5 Å². The first kappa shape index (κ1) is 13.2. The Morgan fingerprint density at radius 3 is 2.73 bits per heavy atom. The van der Waals surface area contributed by atoms with E-state index >= 15 is 0 Å². The van der Waals surface area contributed by atoms with E-state index in [-0.39, 0.29) is 6.10 Å². The zero-order valence-corrected chi connectivity index (χ0v) is 11.6. The van der Waals surface area contributed by atoms with Crippen molar-refractivity contribution in [3.05, 3.63) is 20.8 Å². The van der Waals surface area contributed by atoms with Gasteiger partial charge in [0, 0.05) is 27.7 Å². The van der Waals surface area contributed by atoms with Crippen LogP contribution < -0.4 is 5.32 Å². The molecule has 0 fully saturated rings.